The van der Waals surface area contributed by atoms with E-state index >= 15 is 0 Å². The molecule has 2 aromatic carbocycles. The Balaban J connectivity index is 2.01. The highest BCUT2D eigenvalue weighted by molar-refractivity contribution is 7.99. The van der Waals surface area contributed by atoms with Crippen molar-refractivity contribution < 1.29 is 10.2 Å². The van der Waals surface area contributed by atoms with Crippen molar-refractivity contribution in [2.24, 2.45) is 0 Å². The van der Waals surface area contributed by atoms with Crippen LogP contribution in [0, 0.1) is 0 Å². The Morgan fingerprint density at radius 1 is 0.377 bits per heavy atom. The Morgan fingerprint density at radius 3 is 0.868 bits per heavy atom. The normalized spacial score (nSPS) is 12.2. The molecule has 2 aromatic rings. The van der Waals surface area contributed by atoms with Crippen LogP contribution >= 0.6 is 11.8 Å². The smallest absolute Gasteiger partial charge is 0.119 e. The fourth-order valence-corrected chi connectivity index (χ4v) is 8.97. The van der Waals surface area contributed by atoms with Crippen molar-refractivity contribution in [3.8, 4) is 11.5 Å². The van der Waals surface area contributed by atoms with E-state index in [1.54, 1.807) is 0 Å². The van der Waals surface area contributed by atoms with E-state index in [2.05, 4.69) is 79.7 Å². The van der Waals surface area contributed by atoms with Crippen LogP contribution in [0.3, 0.4) is 0 Å². The average Bonchev–Trinajstić information content (AvgIpc) is 3.09. The van der Waals surface area contributed by atoms with E-state index in [9.17, 15) is 10.2 Å². The molecule has 0 saturated heterocycles. The predicted molar refractivity (Wildman–Crippen MR) is 237 cm³/mol. The Bertz CT molecular complexity index is 1140. The van der Waals surface area contributed by atoms with Gasteiger partial charge in [0.15, 0.2) is 0 Å². The van der Waals surface area contributed by atoms with Crippen molar-refractivity contribution >= 4 is 11.8 Å². The first-order valence-corrected chi connectivity index (χ1v) is 23.6. The van der Waals surface area contributed by atoms with Crippen LogP contribution in [0.25, 0.3) is 0 Å². The third-order valence-corrected chi connectivity index (χ3v) is 12.5. The molecule has 53 heavy (non-hydrogen) atoms. The van der Waals surface area contributed by atoms with Crippen molar-refractivity contribution in [3.63, 3.8) is 0 Å². The van der Waals surface area contributed by atoms with Crippen LogP contribution < -0.4 is 0 Å². The zero-order chi connectivity index (χ0) is 39.0. The minimum atomic E-state index is -0.142. The monoisotopic (exact) mass is 751 g/mol. The molecule has 0 aliphatic rings. The molecule has 0 atom stereocenters. The Labute approximate surface area is 334 Å². The Hall–Kier alpha value is -1.61. The first kappa shape index (κ1) is 47.5. The van der Waals surface area contributed by atoms with Gasteiger partial charge < -0.3 is 10.2 Å². The summed E-state index contributed by atoms with van der Waals surface area (Å²) in [5.41, 5.74) is 4.28. The van der Waals surface area contributed by atoms with Crippen molar-refractivity contribution in [1.82, 2.24) is 0 Å². The third-order valence-electron chi connectivity index (χ3n) is 11.3. The van der Waals surface area contributed by atoms with E-state index in [1.165, 1.54) is 175 Å². The lowest BCUT2D eigenvalue weighted by molar-refractivity contribution is 0.444. The number of phenolic OH excluding ortho intramolecular Hbond substituents is 2. The number of aromatic hydroxyl groups is 2. The third kappa shape index (κ3) is 20.2. The zero-order valence-corrected chi connectivity index (χ0v) is 37.2. The minimum absolute atomic E-state index is 0.142. The maximum Gasteiger partial charge on any atom is 0.119 e. The molecule has 0 saturated carbocycles. The summed E-state index contributed by atoms with van der Waals surface area (Å²) in [5.74, 6) is 0.861. The molecule has 0 bridgehead atoms. The van der Waals surface area contributed by atoms with Gasteiger partial charge in [-0.05, 0) is 71.9 Å². The molecule has 2 rings (SSSR count). The quantitative estimate of drug-likeness (QED) is 0.0781. The first-order chi connectivity index (χ1) is 25.4. The molecule has 0 unspecified atom stereocenters. The van der Waals surface area contributed by atoms with Crippen LogP contribution in [0.4, 0.5) is 0 Å². The van der Waals surface area contributed by atoms with Gasteiger partial charge in [-0.1, -0.05) is 221 Å². The van der Waals surface area contributed by atoms with E-state index in [0.29, 0.717) is 11.5 Å². The van der Waals surface area contributed by atoms with E-state index in [-0.39, 0.29) is 10.8 Å². The summed E-state index contributed by atoms with van der Waals surface area (Å²) < 4.78 is 0. The molecule has 2 N–H and O–H groups in total. The highest BCUT2D eigenvalue weighted by Gasteiger charge is 2.24. The van der Waals surface area contributed by atoms with Crippen molar-refractivity contribution in [2.45, 2.75) is 256 Å². The van der Waals surface area contributed by atoms with Gasteiger partial charge in [-0.15, -0.1) is 0 Å². The molecular formula is C50H86O2S. The second kappa shape index (κ2) is 27.1. The standard InChI is InChI=1S/C50H86O2S/c1-9-11-13-15-17-19-21-23-25-27-29-31-33-35-41-37-45(51)43(49(3,4)5)39-47(41)53-48-40-44(50(6,7)8)46(52)38-42(48)36-34-32-30-28-26-24-22-20-18-16-14-12-10-2/h37-40,51-52H,9-36H2,1-8H3. The van der Waals surface area contributed by atoms with Crippen LogP contribution in [-0.2, 0) is 23.7 Å². The second-order valence-electron chi connectivity index (χ2n) is 18.5. The van der Waals surface area contributed by atoms with Gasteiger partial charge in [0.05, 0.1) is 0 Å². The van der Waals surface area contributed by atoms with E-state index < -0.39 is 0 Å². The lowest BCUT2D eigenvalue weighted by atomic mass is 9.85. The molecule has 0 heterocycles. The number of hydrogen-bond acceptors (Lipinski definition) is 3. The summed E-state index contributed by atoms with van der Waals surface area (Å²) in [4.78, 5) is 2.53. The lowest BCUT2D eigenvalue weighted by Gasteiger charge is -2.25. The Kier molecular flexibility index (Phi) is 24.3. The fourth-order valence-electron chi connectivity index (χ4n) is 7.79. The van der Waals surface area contributed by atoms with E-state index in [4.69, 9.17) is 0 Å². The molecule has 3 heteroatoms. The predicted octanol–water partition coefficient (Wildman–Crippen LogP) is 17.1. The van der Waals surface area contributed by atoms with Gasteiger partial charge in [-0.25, -0.2) is 0 Å². The molecule has 0 fully saturated rings. The maximum absolute atomic E-state index is 11.2. The molecule has 0 aliphatic carbocycles. The van der Waals surface area contributed by atoms with Gasteiger partial charge in [0.25, 0.3) is 0 Å². The van der Waals surface area contributed by atoms with E-state index in [1.807, 2.05) is 11.8 Å². The Morgan fingerprint density at radius 2 is 0.623 bits per heavy atom. The molecule has 0 radical (unpaired) electrons. The van der Waals surface area contributed by atoms with Crippen LogP contribution in [-0.4, -0.2) is 10.2 Å². The van der Waals surface area contributed by atoms with Crippen LogP contribution in [0.2, 0.25) is 0 Å². The summed E-state index contributed by atoms with van der Waals surface area (Å²) in [6.07, 6.45) is 37.3. The van der Waals surface area contributed by atoms with Crippen LogP contribution in [0.5, 0.6) is 11.5 Å². The van der Waals surface area contributed by atoms with Gasteiger partial charge >= 0.3 is 0 Å². The molecule has 0 amide bonds. The molecule has 0 aromatic heterocycles. The topological polar surface area (TPSA) is 40.5 Å². The van der Waals surface area contributed by atoms with Crippen molar-refractivity contribution in [3.05, 3.63) is 46.5 Å². The first-order valence-electron chi connectivity index (χ1n) is 22.8. The fraction of sp³-hybridized carbons (Fsp3) is 0.760. The molecule has 304 valence electrons. The number of rotatable bonds is 30. The average molecular weight is 751 g/mol. The molecular weight excluding hydrogens is 665 g/mol. The van der Waals surface area contributed by atoms with Crippen LogP contribution in [0.1, 0.15) is 245 Å². The van der Waals surface area contributed by atoms with Crippen molar-refractivity contribution in [2.75, 3.05) is 0 Å². The summed E-state index contributed by atoms with van der Waals surface area (Å²) in [6, 6.07) is 8.69. The zero-order valence-electron chi connectivity index (χ0n) is 36.4. The lowest BCUT2D eigenvalue weighted by Crippen LogP contribution is -2.13. The highest BCUT2D eigenvalue weighted by atomic mass is 32.2. The second-order valence-corrected chi connectivity index (χ2v) is 19.6. The number of unbranched alkanes of at least 4 members (excludes halogenated alkanes) is 24. The summed E-state index contributed by atoms with van der Waals surface area (Å²) in [6.45, 7) is 17.8. The summed E-state index contributed by atoms with van der Waals surface area (Å²) in [5, 5.41) is 22.4. The summed E-state index contributed by atoms with van der Waals surface area (Å²) >= 11 is 1.87. The number of phenols is 2. The van der Waals surface area contributed by atoms with Gasteiger partial charge in [-0.3, -0.25) is 0 Å². The highest BCUT2D eigenvalue weighted by Crippen LogP contribution is 2.44. The van der Waals surface area contributed by atoms with Gasteiger partial charge in [0.1, 0.15) is 11.5 Å². The summed E-state index contributed by atoms with van der Waals surface area (Å²) in [7, 11) is 0. The number of aryl methyl sites for hydroxylation is 2. The largest absolute Gasteiger partial charge is 0.508 e. The SMILES string of the molecule is CCCCCCCCCCCCCCCc1cc(O)c(C(C)(C)C)cc1Sc1cc(C(C)(C)C)c(O)cc1CCCCCCCCCCCCCCC. The molecule has 2 nitrogen and oxygen atoms in total. The maximum atomic E-state index is 11.2. The van der Waals surface area contributed by atoms with Gasteiger partial charge in [0.2, 0.25) is 0 Å². The van der Waals surface area contributed by atoms with Crippen molar-refractivity contribution in [1.29, 1.82) is 0 Å². The molecule has 0 spiro atoms. The van der Waals surface area contributed by atoms with E-state index in [0.717, 1.165) is 36.8 Å². The van der Waals surface area contributed by atoms with Crippen LogP contribution in [0.15, 0.2) is 34.1 Å². The number of benzene rings is 2. The molecule has 0 aliphatic heterocycles. The minimum Gasteiger partial charge on any atom is -0.508 e. The van der Waals surface area contributed by atoms with Gasteiger partial charge in [0, 0.05) is 20.9 Å². The van der Waals surface area contributed by atoms with Gasteiger partial charge in [-0.2, -0.15) is 0 Å². The number of hydrogen-bond donors (Lipinski definition) is 2.